The number of nitrogens with zero attached hydrogens (tertiary/aromatic N) is 3. The third-order valence-electron chi connectivity index (χ3n) is 3.05. The van der Waals surface area contributed by atoms with E-state index in [1.807, 2.05) is 48.5 Å². The zero-order valence-electron chi connectivity index (χ0n) is 11.5. The van der Waals surface area contributed by atoms with E-state index >= 15 is 0 Å². The van der Waals surface area contributed by atoms with Gasteiger partial charge in [-0.3, -0.25) is 0 Å². The lowest BCUT2D eigenvalue weighted by Gasteiger charge is -2.08. The van der Waals surface area contributed by atoms with Crippen LogP contribution in [0.2, 0.25) is 10.0 Å². The molecule has 0 aliphatic rings. The molecule has 0 amide bonds. The van der Waals surface area contributed by atoms with E-state index in [1.54, 1.807) is 0 Å². The molecule has 0 atom stereocenters. The molecule has 0 saturated heterocycles. The second kappa shape index (κ2) is 7.26. The molecule has 23 heavy (non-hydrogen) atoms. The summed E-state index contributed by atoms with van der Waals surface area (Å²) < 4.78 is -0.171. The Bertz CT molecular complexity index is 758. The lowest BCUT2D eigenvalue weighted by molar-refractivity contribution is 0.980. The van der Waals surface area contributed by atoms with Crippen molar-refractivity contribution in [3.8, 4) is 22.8 Å². The molecule has 2 aromatic carbocycles. The lowest BCUT2D eigenvalue weighted by atomic mass is 10.2. The quantitative estimate of drug-likeness (QED) is 0.419. The van der Waals surface area contributed by atoms with Gasteiger partial charge in [0.25, 0.3) is 0 Å². The lowest BCUT2D eigenvalue weighted by Crippen LogP contribution is -2.02. The molecule has 3 nitrogen and oxygen atoms in total. The van der Waals surface area contributed by atoms with Crippen molar-refractivity contribution in [1.29, 1.82) is 0 Å². The van der Waals surface area contributed by atoms with Gasteiger partial charge in [-0.25, -0.2) is 15.0 Å². The van der Waals surface area contributed by atoms with Crippen LogP contribution < -0.4 is 0 Å². The van der Waals surface area contributed by atoms with Crippen molar-refractivity contribution in [2.75, 3.05) is 0 Å². The van der Waals surface area contributed by atoms with Gasteiger partial charge in [0.05, 0.1) is 0 Å². The number of halogens is 4. The Kier molecular flexibility index (Phi) is 5.31. The summed E-state index contributed by atoms with van der Waals surface area (Å²) in [4.78, 5) is 13.5. The Morgan fingerprint density at radius 2 is 1.04 bits per heavy atom. The highest BCUT2D eigenvalue weighted by Crippen LogP contribution is 2.30. The van der Waals surface area contributed by atoms with Crippen molar-refractivity contribution in [3.05, 3.63) is 64.4 Å². The molecule has 0 saturated carbocycles. The van der Waals surface area contributed by atoms with Crippen molar-refractivity contribution in [1.82, 2.24) is 15.0 Å². The summed E-state index contributed by atoms with van der Waals surface area (Å²) in [6.45, 7) is 0. The summed E-state index contributed by atoms with van der Waals surface area (Å²) in [5.74, 6) is 1.76. The van der Waals surface area contributed by atoms with Crippen molar-refractivity contribution in [3.63, 3.8) is 0 Å². The van der Waals surface area contributed by atoms with Crippen LogP contribution in [0.25, 0.3) is 22.8 Å². The van der Waals surface area contributed by atoms with Gasteiger partial charge in [-0.2, -0.15) is 0 Å². The zero-order chi connectivity index (χ0) is 16.4. The number of alkyl halides is 2. The van der Waals surface area contributed by atoms with Gasteiger partial charge in [-0.1, -0.05) is 55.1 Å². The SMILES string of the molecule is Clc1ccc(-c2nc(-c3ccc(Cl)cc3)nc(C(Br)Br)n2)cc1. The van der Waals surface area contributed by atoms with Crippen LogP contribution in [0.4, 0.5) is 0 Å². The molecule has 0 fully saturated rings. The van der Waals surface area contributed by atoms with Crippen LogP contribution in [-0.4, -0.2) is 15.0 Å². The first-order valence-corrected chi connectivity index (χ1v) is 9.17. The number of hydrogen-bond donors (Lipinski definition) is 0. The smallest absolute Gasteiger partial charge is 0.163 e. The van der Waals surface area contributed by atoms with Gasteiger partial charge in [-0.15, -0.1) is 0 Å². The summed E-state index contributed by atoms with van der Waals surface area (Å²) in [5.41, 5.74) is 1.74. The summed E-state index contributed by atoms with van der Waals surface area (Å²) >= 11 is 18.8. The predicted octanol–water partition coefficient (Wildman–Crippen LogP) is 6.30. The van der Waals surface area contributed by atoms with Gasteiger partial charge in [-0.05, 0) is 48.5 Å². The standard InChI is InChI=1S/C16H9Br2Cl2N3/c17-13(18)16-22-14(9-1-5-11(19)6-2-9)21-15(23-16)10-3-7-12(20)8-4-10/h1-8,13H. The molecule has 3 rings (SSSR count). The van der Waals surface area contributed by atoms with Gasteiger partial charge >= 0.3 is 0 Å². The maximum absolute atomic E-state index is 5.94. The molecule has 0 spiro atoms. The van der Waals surface area contributed by atoms with E-state index in [-0.39, 0.29) is 3.74 Å². The van der Waals surface area contributed by atoms with Crippen molar-refractivity contribution < 1.29 is 0 Å². The van der Waals surface area contributed by atoms with Crippen LogP contribution in [-0.2, 0) is 0 Å². The molecule has 1 aromatic heterocycles. The van der Waals surface area contributed by atoms with Crippen LogP contribution >= 0.6 is 55.1 Å². The first-order valence-electron chi connectivity index (χ1n) is 6.59. The van der Waals surface area contributed by atoms with E-state index in [1.165, 1.54) is 0 Å². The Labute approximate surface area is 160 Å². The minimum absolute atomic E-state index is 0.171. The molecule has 7 heteroatoms. The molecule has 0 aliphatic carbocycles. The normalized spacial score (nSPS) is 11.0. The minimum Gasteiger partial charge on any atom is -0.211 e. The van der Waals surface area contributed by atoms with Crippen LogP contribution in [0.3, 0.4) is 0 Å². The molecular formula is C16H9Br2Cl2N3. The Hall–Kier alpha value is -1.01. The van der Waals surface area contributed by atoms with E-state index in [9.17, 15) is 0 Å². The van der Waals surface area contributed by atoms with E-state index in [4.69, 9.17) is 23.2 Å². The second-order valence-electron chi connectivity index (χ2n) is 4.66. The van der Waals surface area contributed by atoms with Crippen molar-refractivity contribution in [2.24, 2.45) is 0 Å². The zero-order valence-corrected chi connectivity index (χ0v) is 16.2. The number of rotatable bonds is 3. The van der Waals surface area contributed by atoms with E-state index in [2.05, 4.69) is 46.8 Å². The predicted molar refractivity (Wildman–Crippen MR) is 101 cm³/mol. The summed E-state index contributed by atoms with van der Waals surface area (Å²) in [5, 5.41) is 1.33. The molecule has 3 aromatic rings. The molecule has 0 bridgehead atoms. The van der Waals surface area contributed by atoms with Crippen molar-refractivity contribution >= 4 is 55.1 Å². The molecule has 1 heterocycles. The largest absolute Gasteiger partial charge is 0.211 e. The van der Waals surface area contributed by atoms with Crippen LogP contribution in [0, 0.1) is 0 Å². The average molecular weight is 474 g/mol. The summed E-state index contributed by atoms with van der Waals surface area (Å²) in [6, 6.07) is 14.7. The fourth-order valence-electron chi connectivity index (χ4n) is 1.95. The molecule has 116 valence electrons. The summed E-state index contributed by atoms with van der Waals surface area (Å²) in [6.07, 6.45) is 0. The Balaban J connectivity index is 2.13. The van der Waals surface area contributed by atoms with Gasteiger partial charge in [0.15, 0.2) is 17.5 Å². The first-order chi connectivity index (χ1) is 11.0. The minimum atomic E-state index is -0.171. The van der Waals surface area contributed by atoms with Gasteiger partial charge in [0, 0.05) is 21.2 Å². The molecule has 0 N–H and O–H groups in total. The fourth-order valence-corrected chi connectivity index (χ4v) is 2.61. The highest BCUT2D eigenvalue weighted by atomic mass is 79.9. The fraction of sp³-hybridized carbons (Fsp3) is 0.0625. The maximum Gasteiger partial charge on any atom is 0.163 e. The van der Waals surface area contributed by atoms with E-state index < -0.39 is 0 Å². The number of benzene rings is 2. The van der Waals surface area contributed by atoms with E-state index in [0.717, 1.165) is 11.1 Å². The highest BCUT2D eigenvalue weighted by Gasteiger charge is 2.14. The molecular weight excluding hydrogens is 465 g/mol. The second-order valence-corrected chi connectivity index (χ2v) is 8.59. The molecule has 0 aliphatic heterocycles. The van der Waals surface area contributed by atoms with Crippen LogP contribution in [0.5, 0.6) is 0 Å². The van der Waals surface area contributed by atoms with Gasteiger partial charge < -0.3 is 0 Å². The third-order valence-corrected chi connectivity index (χ3v) is 4.38. The Morgan fingerprint density at radius 3 is 1.39 bits per heavy atom. The number of hydrogen-bond acceptors (Lipinski definition) is 3. The van der Waals surface area contributed by atoms with Gasteiger partial charge in [0.2, 0.25) is 0 Å². The highest BCUT2D eigenvalue weighted by molar-refractivity contribution is 9.24. The topological polar surface area (TPSA) is 38.7 Å². The average Bonchev–Trinajstić information content (AvgIpc) is 2.55. The maximum atomic E-state index is 5.94. The summed E-state index contributed by atoms with van der Waals surface area (Å²) in [7, 11) is 0. The monoisotopic (exact) mass is 471 g/mol. The van der Waals surface area contributed by atoms with Crippen molar-refractivity contribution in [2.45, 2.75) is 3.74 Å². The van der Waals surface area contributed by atoms with Crippen LogP contribution in [0.1, 0.15) is 9.56 Å². The van der Waals surface area contributed by atoms with E-state index in [0.29, 0.717) is 27.5 Å². The molecule has 0 radical (unpaired) electrons. The third kappa shape index (κ3) is 4.10. The molecule has 0 unspecified atom stereocenters. The first kappa shape index (κ1) is 16.8. The van der Waals surface area contributed by atoms with Gasteiger partial charge in [0.1, 0.15) is 3.74 Å². The number of aromatic nitrogens is 3. The van der Waals surface area contributed by atoms with Crippen LogP contribution in [0.15, 0.2) is 48.5 Å². The Morgan fingerprint density at radius 1 is 0.652 bits per heavy atom.